The number of rotatable bonds is 6. The highest BCUT2D eigenvalue weighted by Gasteiger charge is 2.46. The molecule has 0 saturated carbocycles. The van der Waals surface area contributed by atoms with Gasteiger partial charge in [0.2, 0.25) is 0 Å². The first-order chi connectivity index (χ1) is 35.2. The fourth-order valence-corrected chi connectivity index (χ4v) is 13.4. The molecule has 4 aliphatic rings. The Morgan fingerprint density at radius 1 is 0.451 bits per heavy atom. The number of benzene rings is 11. The zero-order chi connectivity index (χ0) is 46.6. The van der Waals surface area contributed by atoms with Crippen molar-refractivity contribution in [3.63, 3.8) is 0 Å². The molecule has 71 heavy (non-hydrogen) atoms. The highest BCUT2D eigenvalue weighted by atomic mass is 15.2. The van der Waals surface area contributed by atoms with Crippen molar-refractivity contribution in [2.24, 2.45) is 0 Å². The van der Waals surface area contributed by atoms with Gasteiger partial charge in [-0.3, -0.25) is 0 Å². The van der Waals surface area contributed by atoms with Gasteiger partial charge in [0.15, 0.2) is 0 Å². The lowest BCUT2D eigenvalue weighted by atomic mass is 9.67. The van der Waals surface area contributed by atoms with Crippen LogP contribution in [-0.2, 0) is 11.8 Å². The molecule has 0 amide bonds. The third-order valence-electron chi connectivity index (χ3n) is 16.5. The summed E-state index contributed by atoms with van der Waals surface area (Å²) in [6.07, 6.45) is 14.9. The predicted octanol–water partition coefficient (Wildman–Crippen LogP) is 17.8. The van der Waals surface area contributed by atoms with Gasteiger partial charge in [-0.15, -0.1) is 0 Å². The second kappa shape index (κ2) is 15.8. The van der Waals surface area contributed by atoms with Gasteiger partial charge in [0.25, 0.3) is 0 Å². The SMILES string of the molecule is C1=CC2=C(CC1)N(c1ccc3c(c1)C(c1ccccc1)(c1ccccc1)c1cc(/C=C/c4ccc5c6cccc7c(N8c9ccccc9Cc9ccccc98)ccc(c8cccc4c58)c76)ccc1-3)CCC2. The first kappa shape index (κ1) is 40.4. The number of hydrogen-bond acceptors (Lipinski definition) is 2. The molecule has 2 heteroatoms. The quantitative estimate of drug-likeness (QED) is 0.0932. The first-order valence-corrected chi connectivity index (χ1v) is 25.6. The summed E-state index contributed by atoms with van der Waals surface area (Å²) in [6, 6.07) is 78.2. The summed E-state index contributed by atoms with van der Waals surface area (Å²) in [5, 5.41) is 10.4. The average molecular weight is 907 g/mol. The molecule has 15 rings (SSSR count). The van der Waals surface area contributed by atoms with Crippen LogP contribution in [-0.4, -0.2) is 6.54 Å². The van der Waals surface area contributed by atoms with E-state index < -0.39 is 5.41 Å². The van der Waals surface area contributed by atoms with E-state index in [1.54, 1.807) is 0 Å². The van der Waals surface area contributed by atoms with Gasteiger partial charge in [0.05, 0.1) is 11.1 Å². The summed E-state index contributed by atoms with van der Waals surface area (Å²) in [6.45, 7) is 1.06. The van der Waals surface area contributed by atoms with Gasteiger partial charge in [0, 0.05) is 41.1 Å². The molecule has 0 aromatic heterocycles. The molecule has 0 fully saturated rings. The van der Waals surface area contributed by atoms with E-state index in [2.05, 4.69) is 240 Å². The van der Waals surface area contributed by atoms with Crippen LogP contribution in [0.15, 0.2) is 230 Å². The molecule has 0 N–H and O–H groups in total. The number of para-hydroxylation sites is 2. The summed E-state index contributed by atoms with van der Waals surface area (Å²) in [7, 11) is 0. The molecule has 11 aromatic carbocycles. The molecule has 336 valence electrons. The Kier molecular flexibility index (Phi) is 8.99. The number of fused-ring (bicyclic) bond motifs is 7. The summed E-state index contributed by atoms with van der Waals surface area (Å²) in [5.74, 6) is 0. The molecule has 0 radical (unpaired) electrons. The van der Waals surface area contributed by atoms with Crippen LogP contribution in [0.3, 0.4) is 0 Å². The maximum atomic E-state index is 2.63. The second-order valence-electron chi connectivity index (χ2n) is 20.1. The van der Waals surface area contributed by atoms with Gasteiger partial charge in [-0.25, -0.2) is 0 Å². The van der Waals surface area contributed by atoms with E-state index in [1.165, 1.54) is 146 Å². The van der Waals surface area contributed by atoms with Crippen molar-refractivity contribution in [1.82, 2.24) is 0 Å². The van der Waals surface area contributed by atoms with E-state index in [0.717, 1.165) is 25.8 Å². The van der Waals surface area contributed by atoms with Crippen molar-refractivity contribution in [2.45, 2.75) is 37.5 Å². The second-order valence-corrected chi connectivity index (χ2v) is 20.1. The van der Waals surface area contributed by atoms with E-state index >= 15 is 0 Å². The maximum absolute atomic E-state index is 2.63. The van der Waals surface area contributed by atoms with Gasteiger partial charge in [-0.05, 0) is 161 Å². The van der Waals surface area contributed by atoms with Crippen LogP contribution in [0.4, 0.5) is 22.7 Å². The fourth-order valence-electron chi connectivity index (χ4n) is 13.4. The molecule has 0 spiro atoms. The van der Waals surface area contributed by atoms with Crippen molar-refractivity contribution in [1.29, 1.82) is 0 Å². The lowest BCUT2D eigenvalue weighted by Gasteiger charge is -2.37. The summed E-state index contributed by atoms with van der Waals surface area (Å²) >= 11 is 0. The summed E-state index contributed by atoms with van der Waals surface area (Å²) in [4.78, 5) is 5.13. The van der Waals surface area contributed by atoms with Crippen LogP contribution >= 0.6 is 0 Å². The van der Waals surface area contributed by atoms with E-state index in [0.29, 0.717) is 0 Å². The van der Waals surface area contributed by atoms with Crippen molar-refractivity contribution in [3.05, 3.63) is 274 Å². The Morgan fingerprint density at radius 2 is 1.06 bits per heavy atom. The Morgan fingerprint density at radius 3 is 1.79 bits per heavy atom. The topological polar surface area (TPSA) is 6.48 Å². The van der Waals surface area contributed by atoms with Crippen LogP contribution in [0, 0.1) is 0 Å². The van der Waals surface area contributed by atoms with Crippen molar-refractivity contribution < 1.29 is 0 Å². The molecule has 0 atom stereocenters. The smallest absolute Gasteiger partial charge is 0.0714 e. The lowest BCUT2D eigenvalue weighted by molar-refractivity contribution is 0.690. The zero-order valence-electron chi connectivity index (χ0n) is 39.6. The first-order valence-electron chi connectivity index (χ1n) is 25.6. The van der Waals surface area contributed by atoms with E-state index in [1.807, 2.05) is 0 Å². The minimum absolute atomic E-state index is 0.498. The minimum Gasteiger partial charge on any atom is -0.345 e. The van der Waals surface area contributed by atoms with Crippen LogP contribution in [0.1, 0.15) is 70.2 Å². The molecular formula is C69H50N2. The Hall–Kier alpha value is -8.46. The normalized spacial score (nSPS) is 15.7. The average Bonchev–Trinajstić information content (AvgIpc) is 3.73. The standard InChI is InChI=1S/C69H50N2/c1-3-20-50(21-4-1)69(51-22-5-2-6-23-51)61-42-45(32-36-54(61)55-38-35-52(44-62(55)69)70-41-15-19-47-16-7-10-28-63(47)70)31-33-46-34-37-58-57-26-14-27-60-66(40-39-59(68(57)60)56-25-13-24-53(46)67(56)58)71-64-29-11-8-17-48(64)43-49-18-9-12-30-65(49)71/h1-9,11-14,16-18,20-27,29-40,42,44H,10,15,19,28,41,43H2/b33-31+. The third kappa shape index (κ3) is 5.95. The largest absolute Gasteiger partial charge is 0.345 e. The molecule has 2 heterocycles. The van der Waals surface area contributed by atoms with Gasteiger partial charge in [0.1, 0.15) is 0 Å². The molecule has 2 aliphatic carbocycles. The van der Waals surface area contributed by atoms with E-state index in [9.17, 15) is 0 Å². The van der Waals surface area contributed by atoms with Crippen LogP contribution in [0.5, 0.6) is 0 Å². The van der Waals surface area contributed by atoms with Gasteiger partial charge in [-0.1, -0.05) is 194 Å². The molecule has 0 saturated heterocycles. The molecule has 2 aliphatic heterocycles. The van der Waals surface area contributed by atoms with Gasteiger partial charge >= 0.3 is 0 Å². The zero-order valence-corrected chi connectivity index (χ0v) is 39.6. The third-order valence-corrected chi connectivity index (χ3v) is 16.5. The predicted molar refractivity (Wildman–Crippen MR) is 300 cm³/mol. The molecule has 0 unspecified atom stereocenters. The van der Waals surface area contributed by atoms with Crippen molar-refractivity contribution >= 4 is 78.0 Å². The van der Waals surface area contributed by atoms with Crippen LogP contribution in [0.25, 0.3) is 66.4 Å². The van der Waals surface area contributed by atoms with Crippen LogP contribution in [0.2, 0.25) is 0 Å². The van der Waals surface area contributed by atoms with E-state index in [-0.39, 0.29) is 0 Å². The van der Waals surface area contributed by atoms with Gasteiger partial charge < -0.3 is 9.80 Å². The summed E-state index contributed by atoms with van der Waals surface area (Å²) in [5.41, 5.74) is 20.6. The lowest BCUT2D eigenvalue weighted by Crippen LogP contribution is -2.31. The molecule has 2 nitrogen and oxygen atoms in total. The Bertz CT molecular complexity index is 3960. The minimum atomic E-state index is -0.498. The monoisotopic (exact) mass is 906 g/mol. The molecule has 11 aromatic rings. The number of anilines is 4. The van der Waals surface area contributed by atoms with Crippen LogP contribution < -0.4 is 9.80 Å². The fraction of sp³-hybridized carbons (Fsp3) is 0.101. The van der Waals surface area contributed by atoms with Crippen molar-refractivity contribution in [3.8, 4) is 11.1 Å². The number of nitrogens with zero attached hydrogens (tertiary/aromatic N) is 2. The van der Waals surface area contributed by atoms with Gasteiger partial charge in [-0.2, -0.15) is 0 Å². The number of hydrogen-bond donors (Lipinski definition) is 0. The molecular weight excluding hydrogens is 857 g/mol. The maximum Gasteiger partial charge on any atom is 0.0714 e. The van der Waals surface area contributed by atoms with E-state index in [4.69, 9.17) is 0 Å². The Balaban J connectivity index is 0.869. The highest BCUT2D eigenvalue weighted by molar-refractivity contribution is 6.35. The number of allylic oxidation sites excluding steroid dienone is 4. The Labute approximate surface area is 415 Å². The highest BCUT2D eigenvalue weighted by Crippen LogP contribution is 2.58. The van der Waals surface area contributed by atoms with Crippen molar-refractivity contribution in [2.75, 3.05) is 16.3 Å². The summed E-state index contributed by atoms with van der Waals surface area (Å²) < 4.78 is 0. The molecule has 0 bridgehead atoms.